The van der Waals surface area contributed by atoms with Gasteiger partial charge >= 0.3 is 0 Å². The zero-order chi connectivity index (χ0) is 13.8. The first kappa shape index (κ1) is 14.0. The number of hydrogen-bond donors (Lipinski definition) is 2. The summed E-state index contributed by atoms with van der Waals surface area (Å²) in [4.78, 5) is 12.2. The van der Waals surface area contributed by atoms with E-state index in [1.165, 1.54) is 19.2 Å². The maximum atomic E-state index is 12.2. The Bertz CT molecular complexity index is 464. The Hall–Kier alpha value is -1.42. The van der Waals surface area contributed by atoms with Crippen LogP contribution in [0.15, 0.2) is 18.2 Å². The zero-order valence-electron chi connectivity index (χ0n) is 10.9. The molecule has 1 saturated carbocycles. The van der Waals surface area contributed by atoms with Gasteiger partial charge in [-0.05, 0) is 31.0 Å². The van der Waals surface area contributed by atoms with E-state index < -0.39 is 0 Å². The minimum absolute atomic E-state index is 0.0338. The molecule has 0 saturated heterocycles. The molecule has 2 N–H and O–H groups in total. The number of amides is 1. The van der Waals surface area contributed by atoms with Gasteiger partial charge in [-0.25, -0.2) is 0 Å². The van der Waals surface area contributed by atoms with Crippen molar-refractivity contribution in [2.75, 3.05) is 7.11 Å². The zero-order valence-corrected chi connectivity index (χ0v) is 11.6. The lowest BCUT2D eigenvalue weighted by atomic mass is 9.94. The van der Waals surface area contributed by atoms with Crippen LogP contribution in [0, 0.1) is 0 Å². The number of aromatic hydroxyl groups is 1. The molecule has 0 aliphatic heterocycles. The van der Waals surface area contributed by atoms with Crippen LogP contribution in [0.25, 0.3) is 0 Å². The van der Waals surface area contributed by atoms with Crippen molar-refractivity contribution in [3.8, 4) is 11.5 Å². The minimum Gasteiger partial charge on any atom is -0.507 e. The summed E-state index contributed by atoms with van der Waals surface area (Å²) in [5, 5.41) is 12.6. The second kappa shape index (κ2) is 6.15. The van der Waals surface area contributed by atoms with Gasteiger partial charge in [0.1, 0.15) is 11.5 Å². The summed E-state index contributed by atoms with van der Waals surface area (Å²) >= 11 is 6.21. The van der Waals surface area contributed by atoms with E-state index in [9.17, 15) is 9.90 Å². The molecule has 2 atom stereocenters. The van der Waals surface area contributed by atoms with E-state index in [2.05, 4.69) is 5.32 Å². The monoisotopic (exact) mass is 283 g/mol. The summed E-state index contributed by atoms with van der Waals surface area (Å²) in [5.74, 6) is 0.170. The van der Waals surface area contributed by atoms with E-state index in [1.54, 1.807) is 6.07 Å². The molecular formula is C14H18ClNO3. The quantitative estimate of drug-likeness (QED) is 0.839. The van der Waals surface area contributed by atoms with Crippen LogP contribution >= 0.6 is 11.6 Å². The van der Waals surface area contributed by atoms with Crippen LogP contribution in [-0.2, 0) is 0 Å². The number of carbonyl (C=O) groups excluding carboxylic acids is 1. The number of hydrogen-bond acceptors (Lipinski definition) is 3. The largest absolute Gasteiger partial charge is 0.507 e. The summed E-state index contributed by atoms with van der Waals surface area (Å²) in [6.07, 6.45) is 3.96. The smallest absolute Gasteiger partial charge is 0.255 e. The maximum Gasteiger partial charge on any atom is 0.255 e. The summed E-state index contributed by atoms with van der Waals surface area (Å²) in [6.45, 7) is 0. The Labute approximate surface area is 117 Å². The summed E-state index contributed by atoms with van der Waals surface area (Å²) in [5.41, 5.74) is 0.216. The van der Waals surface area contributed by atoms with Crippen molar-refractivity contribution in [3.05, 3.63) is 23.8 Å². The van der Waals surface area contributed by atoms with Crippen molar-refractivity contribution in [1.29, 1.82) is 0 Å². The summed E-state index contributed by atoms with van der Waals surface area (Å²) in [7, 11) is 1.52. The number of nitrogens with one attached hydrogen (secondary N) is 1. The molecule has 2 rings (SSSR count). The maximum absolute atomic E-state index is 12.2. The van der Waals surface area contributed by atoms with E-state index in [-0.39, 0.29) is 28.6 Å². The van der Waals surface area contributed by atoms with Crippen LogP contribution in [0.1, 0.15) is 36.0 Å². The predicted molar refractivity (Wildman–Crippen MR) is 74.0 cm³/mol. The van der Waals surface area contributed by atoms with E-state index >= 15 is 0 Å². The molecule has 104 valence electrons. The van der Waals surface area contributed by atoms with Gasteiger partial charge in [0.2, 0.25) is 0 Å². The Morgan fingerprint density at radius 1 is 1.42 bits per heavy atom. The van der Waals surface area contributed by atoms with E-state index in [1.807, 2.05) is 0 Å². The highest BCUT2D eigenvalue weighted by molar-refractivity contribution is 6.21. The van der Waals surface area contributed by atoms with Gasteiger partial charge in [0.15, 0.2) is 0 Å². The lowest BCUT2D eigenvalue weighted by Crippen LogP contribution is -2.42. The molecule has 5 heteroatoms. The first-order valence-corrected chi connectivity index (χ1v) is 6.87. The van der Waals surface area contributed by atoms with Gasteiger partial charge in [-0.1, -0.05) is 12.8 Å². The lowest BCUT2D eigenvalue weighted by Gasteiger charge is -2.27. The number of phenols is 1. The number of rotatable bonds is 3. The van der Waals surface area contributed by atoms with Crippen LogP contribution in [0.3, 0.4) is 0 Å². The molecule has 0 bridgehead atoms. The SMILES string of the molecule is COc1ccc(O)c(C(=O)NC2CCCCC2Cl)c1. The number of benzene rings is 1. The van der Waals surface area contributed by atoms with Crippen molar-refractivity contribution in [1.82, 2.24) is 5.32 Å². The van der Waals surface area contributed by atoms with Gasteiger partial charge < -0.3 is 15.2 Å². The van der Waals surface area contributed by atoms with Crippen molar-refractivity contribution >= 4 is 17.5 Å². The number of alkyl halides is 1. The fourth-order valence-corrected chi connectivity index (χ4v) is 2.66. The first-order chi connectivity index (χ1) is 9.11. The van der Waals surface area contributed by atoms with E-state index in [0.717, 1.165) is 25.7 Å². The molecule has 1 aliphatic carbocycles. The molecule has 0 spiro atoms. The third-order valence-corrected chi connectivity index (χ3v) is 3.97. The third-order valence-electron chi connectivity index (χ3n) is 3.45. The highest BCUT2D eigenvalue weighted by atomic mass is 35.5. The van der Waals surface area contributed by atoms with Crippen molar-refractivity contribution < 1.29 is 14.6 Å². The first-order valence-electron chi connectivity index (χ1n) is 6.43. The summed E-state index contributed by atoms with van der Waals surface area (Å²) < 4.78 is 5.05. The van der Waals surface area contributed by atoms with E-state index in [0.29, 0.717) is 5.75 Å². The Kier molecular flexibility index (Phi) is 4.53. The second-order valence-corrected chi connectivity index (χ2v) is 5.32. The Morgan fingerprint density at radius 3 is 2.84 bits per heavy atom. The van der Waals surface area contributed by atoms with Gasteiger partial charge in [0.25, 0.3) is 5.91 Å². The average Bonchev–Trinajstić information content (AvgIpc) is 2.42. The molecular weight excluding hydrogens is 266 g/mol. The minimum atomic E-state index is -0.311. The number of carbonyl (C=O) groups is 1. The third kappa shape index (κ3) is 3.32. The van der Waals surface area contributed by atoms with Crippen LogP contribution in [-0.4, -0.2) is 29.5 Å². The molecule has 1 aromatic carbocycles. The summed E-state index contributed by atoms with van der Waals surface area (Å²) in [6, 6.07) is 4.55. The Balaban J connectivity index is 2.10. The molecule has 0 radical (unpaired) electrons. The highest BCUT2D eigenvalue weighted by Gasteiger charge is 2.25. The number of ether oxygens (including phenoxy) is 1. The number of phenolic OH excluding ortho intramolecular Hbond substituents is 1. The van der Waals surface area contributed by atoms with E-state index in [4.69, 9.17) is 16.3 Å². The standard InChI is InChI=1S/C14H18ClNO3/c1-19-9-6-7-13(17)10(8-9)14(18)16-12-5-3-2-4-11(12)15/h6-8,11-12,17H,2-5H2,1H3,(H,16,18). The molecule has 1 fully saturated rings. The van der Waals surface area contributed by atoms with Crippen LogP contribution in [0.2, 0.25) is 0 Å². The fraction of sp³-hybridized carbons (Fsp3) is 0.500. The highest BCUT2D eigenvalue weighted by Crippen LogP contribution is 2.26. The fourth-order valence-electron chi connectivity index (χ4n) is 2.32. The van der Waals surface area contributed by atoms with Gasteiger partial charge in [-0.15, -0.1) is 11.6 Å². The Morgan fingerprint density at radius 2 is 2.16 bits per heavy atom. The molecule has 1 aromatic rings. The van der Waals surface area contributed by atoms with Crippen molar-refractivity contribution in [2.24, 2.45) is 0 Å². The molecule has 0 aromatic heterocycles. The average molecular weight is 284 g/mol. The van der Waals surface area contributed by atoms with Gasteiger partial charge in [-0.3, -0.25) is 4.79 Å². The van der Waals surface area contributed by atoms with Gasteiger partial charge in [-0.2, -0.15) is 0 Å². The predicted octanol–water partition coefficient (Wildman–Crippen LogP) is 2.68. The van der Waals surface area contributed by atoms with Crippen LogP contribution in [0.5, 0.6) is 11.5 Å². The van der Waals surface area contributed by atoms with Gasteiger partial charge in [0, 0.05) is 6.04 Å². The molecule has 1 amide bonds. The number of halogens is 1. The second-order valence-electron chi connectivity index (χ2n) is 4.76. The molecule has 4 nitrogen and oxygen atoms in total. The molecule has 19 heavy (non-hydrogen) atoms. The molecule has 2 unspecified atom stereocenters. The van der Waals surface area contributed by atoms with Gasteiger partial charge in [0.05, 0.1) is 18.1 Å². The topological polar surface area (TPSA) is 58.6 Å². The normalized spacial score (nSPS) is 22.8. The van der Waals surface area contributed by atoms with Crippen molar-refractivity contribution in [2.45, 2.75) is 37.1 Å². The van der Waals surface area contributed by atoms with Crippen LogP contribution in [0.4, 0.5) is 0 Å². The number of methoxy groups -OCH3 is 1. The molecule has 0 heterocycles. The lowest BCUT2D eigenvalue weighted by molar-refractivity contribution is 0.0925. The van der Waals surface area contributed by atoms with Crippen LogP contribution < -0.4 is 10.1 Å². The molecule has 1 aliphatic rings. The van der Waals surface area contributed by atoms with Crippen molar-refractivity contribution in [3.63, 3.8) is 0 Å².